The molecule has 5 nitrogen and oxygen atoms in total. The van der Waals surface area contributed by atoms with Crippen LogP contribution in [-0.4, -0.2) is 66.8 Å². The number of hydrogen-bond acceptors (Lipinski definition) is 4. The Morgan fingerprint density at radius 1 is 1.32 bits per heavy atom. The van der Waals surface area contributed by atoms with Crippen molar-refractivity contribution in [3.8, 4) is 0 Å². The molecule has 5 heteroatoms. The Kier molecular flexibility index (Phi) is 6.09. The molecule has 1 unspecified atom stereocenters. The average molecular weight is 311 g/mol. The fourth-order valence-electron chi connectivity index (χ4n) is 3.01. The van der Waals surface area contributed by atoms with Gasteiger partial charge in [0.2, 0.25) is 0 Å². The normalized spacial score (nSPS) is 22.8. The van der Waals surface area contributed by atoms with Crippen molar-refractivity contribution in [2.75, 3.05) is 39.3 Å². The summed E-state index contributed by atoms with van der Waals surface area (Å²) in [6.45, 7) is 14.2. The van der Waals surface area contributed by atoms with Crippen LogP contribution in [0.15, 0.2) is 0 Å². The van der Waals surface area contributed by atoms with Gasteiger partial charge >= 0.3 is 6.09 Å². The Morgan fingerprint density at radius 3 is 2.64 bits per heavy atom. The van der Waals surface area contributed by atoms with Crippen molar-refractivity contribution in [3.63, 3.8) is 0 Å². The summed E-state index contributed by atoms with van der Waals surface area (Å²) >= 11 is 0. The van der Waals surface area contributed by atoms with E-state index >= 15 is 0 Å². The van der Waals surface area contributed by atoms with Crippen LogP contribution in [0.5, 0.6) is 0 Å². The number of nitrogens with one attached hydrogen (secondary N) is 1. The average Bonchev–Trinajstić information content (AvgIpc) is 3.14. The van der Waals surface area contributed by atoms with E-state index in [0.29, 0.717) is 6.04 Å². The SMILES string of the molecule is CCNCC1CCN(CCN(C(=O)OC(C)(C)C)C2CC2)C1. The molecule has 0 spiro atoms. The lowest BCUT2D eigenvalue weighted by Crippen LogP contribution is -2.42. The third-order valence-corrected chi connectivity index (χ3v) is 4.33. The number of amides is 1. The second-order valence-electron chi connectivity index (χ2n) is 7.67. The van der Waals surface area contributed by atoms with Crippen LogP contribution in [0.2, 0.25) is 0 Å². The molecule has 128 valence electrons. The van der Waals surface area contributed by atoms with Crippen molar-refractivity contribution < 1.29 is 9.53 Å². The highest BCUT2D eigenvalue weighted by Gasteiger charge is 2.35. The van der Waals surface area contributed by atoms with Gasteiger partial charge in [-0.05, 0) is 65.6 Å². The number of likely N-dealkylation sites (tertiary alicyclic amines) is 1. The molecule has 0 bridgehead atoms. The maximum Gasteiger partial charge on any atom is 0.410 e. The van der Waals surface area contributed by atoms with E-state index in [0.717, 1.165) is 58.0 Å². The predicted molar refractivity (Wildman–Crippen MR) is 89.1 cm³/mol. The summed E-state index contributed by atoms with van der Waals surface area (Å²) in [6.07, 6.45) is 3.38. The summed E-state index contributed by atoms with van der Waals surface area (Å²) in [5, 5.41) is 3.44. The van der Waals surface area contributed by atoms with Gasteiger partial charge in [0.1, 0.15) is 5.60 Å². The smallest absolute Gasteiger partial charge is 0.410 e. The maximum absolute atomic E-state index is 12.3. The van der Waals surface area contributed by atoms with E-state index in [1.165, 1.54) is 6.42 Å². The van der Waals surface area contributed by atoms with E-state index in [1.54, 1.807) is 0 Å². The fourth-order valence-corrected chi connectivity index (χ4v) is 3.01. The molecular weight excluding hydrogens is 278 g/mol. The van der Waals surface area contributed by atoms with E-state index < -0.39 is 5.60 Å². The highest BCUT2D eigenvalue weighted by atomic mass is 16.6. The lowest BCUT2D eigenvalue weighted by atomic mass is 10.1. The molecule has 22 heavy (non-hydrogen) atoms. The first kappa shape index (κ1) is 17.5. The first-order chi connectivity index (χ1) is 10.4. The molecule has 0 aromatic heterocycles. The number of rotatable bonds is 7. The minimum absolute atomic E-state index is 0.140. The number of nitrogens with zero attached hydrogens (tertiary/aromatic N) is 2. The molecule has 1 aliphatic carbocycles. The topological polar surface area (TPSA) is 44.8 Å². The van der Waals surface area contributed by atoms with Crippen molar-refractivity contribution >= 4 is 6.09 Å². The van der Waals surface area contributed by atoms with Gasteiger partial charge in [-0.2, -0.15) is 0 Å². The minimum atomic E-state index is -0.408. The van der Waals surface area contributed by atoms with Crippen molar-refractivity contribution in [2.24, 2.45) is 5.92 Å². The van der Waals surface area contributed by atoms with Gasteiger partial charge in [0.05, 0.1) is 0 Å². The summed E-state index contributed by atoms with van der Waals surface area (Å²) in [4.78, 5) is 16.8. The van der Waals surface area contributed by atoms with Crippen LogP contribution in [0.25, 0.3) is 0 Å². The van der Waals surface area contributed by atoms with Crippen LogP contribution in [0.4, 0.5) is 4.79 Å². The molecule has 2 rings (SSSR count). The zero-order valence-corrected chi connectivity index (χ0v) is 14.7. The zero-order chi connectivity index (χ0) is 16.2. The van der Waals surface area contributed by atoms with Crippen molar-refractivity contribution in [1.29, 1.82) is 0 Å². The van der Waals surface area contributed by atoms with Gasteiger partial charge in [-0.3, -0.25) is 0 Å². The molecule has 1 heterocycles. The highest BCUT2D eigenvalue weighted by molar-refractivity contribution is 5.69. The summed E-state index contributed by atoms with van der Waals surface area (Å²) in [6, 6.07) is 0.412. The Balaban J connectivity index is 1.74. The molecule has 1 atom stereocenters. The van der Waals surface area contributed by atoms with Gasteiger partial charge < -0.3 is 19.9 Å². The molecule has 0 aromatic rings. The summed E-state index contributed by atoms with van der Waals surface area (Å²) in [7, 11) is 0. The van der Waals surface area contributed by atoms with E-state index in [4.69, 9.17) is 4.74 Å². The molecule has 2 fully saturated rings. The second kappa shape index (κ2) is 7.64. The van der Waals surface area contributed by atoms with Gasteiger partial charge in [-0.1, -0.05) is 6.92 Å². The van der Waals surface area contributed by atoms with Gasteiger partial charge in [-0.15, -0.1) is 0 Å². The lowest BCUT2D eigenvalue weighted by molar-refractivity contribution is 0.0219. The van der Waals surface area contributed by atoms with Crippen LogP contribution >= 0.6 is 0 Å². The summed E-state index contributed by atoms with van der Waals surface area (Å²) in [5.41, 5.74) is -0.408. The largest absolute Gasteiger partial charge is 0.444 e. The quantitative estimate of drug-likeness (QED) is 0.784. The molecular formula is C17H33N3O2. The van der Waals surface area contributed by atoms with Crippen molar-refractivity contribution in [2.45, 2.75) is 58.6 Å². The van der Waals surface area contributed by atoms with Crippen LogP contribution in [0.1, 0.15) is 47.0 Å². The zero-order valence-electron chi connectivity index (χ0n) is 14.7. The maximum atomic E-state index is 12.3. The minimum Gasteiger partial charge on any atom is -0.444 e. The number of carbonyl (C=O) groups excluding carboxylic acids is 1. The second-order valence-corrected chi connectivity index (χ2v) is 7.67. The molecule has 1 N–H and O–H groups in total. The molecule has 1 aliphatic heterocycles. The third kappa shape index (κ3) is 5.76. The van der Waals surface area contributed by atoms with Crippen molar-refractivity contribution in [3.05, 3.63) is 0 Å². The number of ether oxygens (including phenoxy) is 1. The number of carbonyl (C=O) groups is 1. The summed E-state index contributed by atoms with van der Waals surface area (Å²) in [5.74, 6) is 0.760. The summed E-state index contributed by atoms with van der Waals surface area (Å²) < 4.78 is 5.55. The van der Waals surface area contributed by atoms with Crippen LogP contribution in [0, 0.1) is 5.92 Å². The number of hydrogen-bond donors (Lipinski definition) is 1. The monoisotopic (exact) mass is 311 g/mol. The first-order valence-electron chi connectivity index (χ1n) is 8.81. The standard InChI is InChI=1S/C17H33N3O2/c1-5-18-12-14-8-9-19(13-14)10-11-20(15-6-7-15)16(21)22-17(2,3)4/h14-15,18H,5-13H2,1-4H3. The van der Waals surface area contributed by atoms with Crippen molar-refractivity contribution in [1.82, 2.24) is 15.1 Å². The van der Waals surface area contributed by atoms with Gasteiger partial charge in [0.25, 0.3) is 0 Å². The van der Waals surface area contributed by atoms with Crippen LogP contribution in [-0.2, 0) is 4.74 Å². The highest BCUT2D eigenvalue weighted by Crippen LogP contribution is 2.28. The van der Waals surface area contributed by atoms with E-state index in [9.17, 15) is 4.79 Å². The predicted octanol–water partition coefficient (Wildman–Crippen LogP) is 2.32. The van der Waals surface area contributed by atoms with E-state index in [1.807, 2.05) is 25.7 Å². The molecule has 0 radical (unpaired) electrons. The Hall–Kier alpha value is -0.810. The molecule has 2 aliphatic rings. The fraction of sp³-hybridized carbons (Fsp3) is 0.941. The van der Waals surface area contributed by atoms with Gasteiger partial charge in [0, 0.05) is 25.7 Å². The van der Waals surface area contributed by atoms with Crippen LogP contribution < -0.4 is 5.32 Å². The Morgan fingerprint density at radius 2 is 2.05 bits per heavy atom. The Bertz CT molecular complexity index is 363. The molecule has 1 saturated carbocycles. The Labute approximate surface area is 135 Å². The van der Waals surface area contributed by atoms with E-state index in [2.05, 4.69) is 17.1 Å². The molecule has 1 saturated heterocycles. The van der Waals surface area contributed by atoms with Crippen LogP contribution in [0.3, 0.4) is 0 Å². The van der Waals surface area contributed by atoms with Gasteiger partial charge in [0.15, 0.2) is 0 Å². The third-order valence-electron chi connectivity index (χ3n) is 4.33. The lowest BCUT2D eigenvalue weighted by Gasteiger charge is -2.29. The van der Waals surface area contributed by atoms with Gasteiger partial charge in [-0.25, -0.2) is 4.79 Å². The first-order valence-corrected chi connectivity index (χ1v) is 8.81. The molecule has 0 aromatic carbocycles. The molecule has 1 amide bonds. The van der Waals surface area contributed by atoms with E-state index in [-0.39, 0.29) is 6.09 Å².